The van der Waals surface area contributed by atoms with Crippen LogP contribution >= 0.6 is 0 Å². The number of nitrogens with zero attached hydrogens (tertiary/aromatic N) is 2. The van der Waals surface area contributed by atoms with Gasteiger partial charge in [-0.1, -0.05) is 13.0 Å². The van der Waals surface area contributed by atoms with E-state index in [1.807, 2.05) is 6.07 Å². The molecule has 1 unspecified atom stereocenters. The first-order valence-corrected chi connectivity index (χ1v) is 8.81. The van der Waals surface area contributed by atoms with Gasteiger partial charge >= 0.3 is 0 Å². The molecule has 23 heavy (non-hydrogen) atoms. The van der Waals surface area contributed by atoms with E-state index < -0.39 is 0 Å². The average molecular weight is 319 g/mol. The number of morpholine rings is 1. The van der Waals surface area contributed by atoms with Crippen LogP contribution in [0.4, 0.5) is 11.4 Å². The second kappa shape index (κ2) is 7.99. The van der Waals surface area contributed by atoms with E-state index in [1.165, 1.54) is 11.3 Å². The lowest BCUT2D eigenvalue weighted by molar-refractivity contribution is -0.0369. The molecule has 0 radical (unpaired) electrons. The Hall–Kier alpha value is -1.30. The number of hydrogen-bond donors (Lipinski definition) is 1. The van der Waals surface area contributed by atoms with Crippen LogP contribution in [0.3, 0.4) is 0 Å². The third-order valence-corrected chi connectivity index (χ3v) is 4.84. The minimum Gasteiger partial charge on any atom is -0.399 e. The normalized spacial score (nSPS) is 21.6. The maximum Gasteiger partial charge on any atom is 0.0700 e. The molecule has 0 saturated carbocycles. The molecular weight excluding hydrogens is 290 g/mol. The molecule has 1 fully saturated rings. The van der Waals surface area contributed by atoms with Crippen LogP contribution in [-0.4, -0.2) is 63.5 Å². The van der Waals surface area contributed by atoms with E-state index in [0.29, 0.717) is 6.10 Å². The highest BCUT2D eigenvalue weighted by atomic mass is 16.5. The molecule has 2 N–H and O–H groups in total. The van der Waals surface area contributed by atoms with Gasteiger partial charge in [0.2, 0.25) is 0 Å². The Balaban J connectivity index is 1.34. The molecule has 2 aliphatic rings. The van der Waals surface area contributed by atoms with Crippen molar-refractivity contribution in [2.75, 3.05) is 63.2 Å². The van der Waals surface area contributed by atoms with Crippen LogP contribution in [0.25, 0.3) is 0 Å². The molecular formula is C18H29N3O2. The fourth-order valence-electron chi connectivity index (χ4n) is 3.40. The summed E-state index contributed by atoms with van der Waals surface area (Å²) in [6, 6.07) is 6.22. The first-order chi connectivity index (χ1) is 11.3. The molecule has 0 amide bonds. The van der Waals surface area contributed by atoms with Crippen LogP contribution in [0.5, 0.6) is 0 Å². The molecule has 1 aromatic carbocycles. The Kier molecular flexibility index (Phi) is 5.75. The number of fused-ring (bicyclic) bond motifs is 1. The van der Waals surface area contributed by atoms with Crippen LogP contribution in [0, 0.1) is 0 Å². The van der Waals surface area contributed by atoms with Crippen LogP contribution in [-0.2, 0) is 15.9 Å². The maximum absolute atomic E-state index is 5.90. The lowest BCUT2D eigenvalue weighted by Gasteiger charge is -2.32. The summed E-state index contributed by atoms with van der Waals surface area (Å²) in [6.45, 7) is 9.70. The topological polar surface area (TPSA) is 51.0 Å². The summed E-state index contributed by atoms with van der Waals surface area (Å²) >= 11 is 0. The summed E-state index contributed by atoms with van der Waals surface area (Å²) in [4.78, 5) is 4.83. The van der Waals surface area contributed by atoms with Crippen molar-refractivity contribution in [3.63, 3.8) is 0 Å². The van der Waals surface area contributed by atoms with E-state index in [4.69, 9.17) is 15.2 Å². The number of hydrogen-bond acceptors (Lipinski definition) is 5. The van der Waals surface area contributed by atoms with Crippen LogP contribution < -0.4 is 10.6 Å². The van der Waals surface area contributed by atoms with Crippen LogP contribution in [0.15, 0.2) is 18.2 Å². The highest BCUT2D eigenvalue weighted by Crippen LogP contribution is 2.29. The molecule has 1 aromatic rings. The monoisotopic (exact) mass is 319 g/mol. The number of nitrogen functional groups attached to an aromatic ring is 1. The van der Waals surface area contributed by atoms with Crippen molar-refractivity contribution in [1.82, 2.24) is 4.90 Å². The fourth-order valence-corrected chi connectivity index (χ4v) is 3.40. The van der Waals surface area contributed by atoms with Gasteiger partial charge in [-0.2, -0.15) is 0 Å². The Labute approximate surface area is 139 Å². The highest BCUT2D eigenvalue weighted by Gasteiger charge is 2.20. The van der Waals surface area contributed by atoms with Gasteiger partial charge in [0.1, 0.15) is 0 Å². The number of nitrogens with two attached hydrogens (primary N) is 1. The maximum atomic E-state index is 5.90. The van der Waals surface area contributed by atoms with E-state index in [0.717, 1.165) is 71.1 Å². The van der Waals surface area contributed by atoms with Crippen LogP contribution in [0.1, 0.15) is 18.9 Å². The number of rotatable bonds is 7. The van der Waals surface area contributed by atoms with Gasteiger partial charge in [-0.3, -0.25) is 4.90 Å². The van der Waals surface area contributed by atoms with E-state index in [2.05, 4.69) is 28.9 Å². The zero-order chi connectivity index (χ0) is 16.1. The summed E-state index contributed by atoms with van der Waals surface area (Å²) in [6.07, 6.45) is 2.60. The number of benzene rings is 1. The Morgan fingerprint density at radius 1 is 1.26 bits per heavy atom. The van der Waals surface area contributed by atoms with Crippen molar-refractivity contribution in [2.24, 2.45) is 0 Å². The quantitative estimate of drug-likeness (QED) is 0.613. The van der Waals surface area contributed by atoms with Gasteiger partial charge in [0, 0.05) is 44.1 Å². The minimum absolute atomic E-state index is 0.398. The Morgan fingerprint density at radius 3 is 3.00 bits per heavy atom. The summed E-state index contributed by atoms with van der Waals surface area (Å²) in [5, 5.41) is 0. The molecule has 0 spiro atoms. The first-order valence-electron chi connectivity index (χ1n) is 8.81. The lowest BCUT2D eigenvalue weighted by Crippen LogP contribution is -2.43. The molecule has 2 aliphatic heterocycles. The molecule has 128 valence electrons. The van der Waals surface area contributed by atoms with Crippen molar-refractivity contribution < 1.29 is 9.47 Å². The predicted octanol–water partition coefficient (Wildman–Crippen LogP) is 1.76. The molecule has 1 atom stereocenters. The van der Waals surface area contributed by atoms with Crippen molar-refractivity contribution in [3.8, 4) is 0 Å². The SMILES string of the molecule is CCC1CN(CCOCCN2CCc3ccc(N)cc32)CCO1. The third kappa shape index (κ3) is 4.37. The number of anilines is 2. The van der Waals surface area contributed by atoms with Crippen molar-refractivity contribution in [2.45, 2.75) is 25.9 Å². The molecule has 5 heteroatoms. The van der Waals surface area contributed by atoms with Gasteiger partial charge in [0.15, 0.2) is 0 Å². The van der Waals surface area contributed by atoms with E-state index in [-0.39, 0.29) is 0 Å². The molecule has 0 bridgehead atoms. The molecule has 2 heterocycles. The summed E-state index contributed by atoms with van der Waals surface area (Å²) < 4.78 is 11.6. The highest BCUT2D eigenvalue weighted by molar-refractivity contribution is 5.64. The van der Waals surface area contributed by atoms with E-state index in [9.17, 15) is 0 Å². The molecule has 0 aromatic heterocycles. The van der Waals surface area contributed by atoms with Crippen molar-refractivity contribution in [3.05, 3.63) is 23.8 Å². The second-order valence-corrected chi connectivity index (χ2v) is 6.44. The Morgan fingerprint density at radius 2 is 2.13 bits per heavy atom. The summed E-state index contributed by atoms with van der Waals surface area (Å²) in [5.41, 5.74) is 9.43. The molecule has 3 rings (SSSR count). The van der Waals surface area contributed by atoms with Gasteiger partial charge in [-0.05, 0) is 30.5 Å². The smallest absolute Gasteiger partial charge is 0.0700 e. The second-order valence-electron chi connectivity index (χ2n) is 6.44. The van der Waals surface area contributed by atoms with Gasteiger partial charge in [-0.15, -0.1) is 0 Å². The summed E-state index contributed by atoms with van der Waals surface area (Å²) in [7, 11) is 0. The standard InChI is InChI=1S/C18H29N3O2/c1-2-17-14-20(8-12-23-17)7-10-22-11-9-21-6-5-15-3-4-16(19)13-18(15)21/h3-4,13,17H,2,5-12,14,19H2,1H3. The third-order valence-electron chi connectivity index (χ3n) is 4.84. The van der Waals surface area contributed by atoms with Gasteiger partial charge in [0.05, 0.1) is 25.9 Å². The molecule has 0 aliphatic carbocycles. The minimum atomic E-state index is 0.398. The van der Waals surface area contributed by atoms with Gasteiger partial charge in [-0.25, -0.2) is 0 Å². The van der Waals surface area contributed by atoms with Crippen LogP contribution in [0.2, 0.25) is 0 Å². The largest absolute Gasteiger partial charge is 0.399 e. The summed E-state index contributed by atoms with van der Waals surface area (Å²) in [5.74, 6) is 0. The zero-order valence-electron chi connectivity index (χ0n) is 14.2. The van der Waals surface area contributed by atoms with E-state index in [1.54, 1.807) is 0 Å². The average Bonchev–Trinajstić information content (AvgIpc) is 2.97. The predicted molar refractivity (Wildman–Crippen MR) is 94.1 cm³/mol. The number of ether oxygens (including phenoxy) is 2. The van der Waals surface area contributed by atoms with Gasteiger partial charge < -0.3 is 20.1 Å². The first kappa shape index (κ1) is 16.6. The fraction of sp³-hybridized carbons (Fsp3) is 0.667. The lowest BCUT2D eigenvalue weighted by atomic mass is 10.1. The molecule has 5 nitrogen and oxygen atoms in total. The van der Waals surface area contributed by atoms with E-state index >= 15 is 0 Å². The molecule has 1 saturated heterocycles. The van der Waals surface area contributed by atoms with Crippen molar-refractivity contribution in [1.29, 1.82) is 0 Å². The zero-order valence-corrected chi connectivity index (χ0v) is 14.2. The van der Waals surface area contributed by atoms with Crippen molar-refractivity contribution >= 4 is 11.4 Å². The Bertz CT molecular complexity index is 509. The van der Waals surface area contributed by atoms with Gasteiger partial charge in [0.25, 0.3) is 0 Å².